The van der Waals surface area contributed by atoms with Crippen molar-refractivity contribution < 1.29 is 0 Å². The molecule has 2 heteroatoms. The molecule has 0 saturated carbocycles. The molecular formula is C9H18ClN. The summed E-state index contributed by atoms with van der Waals surface area (Å²) in [6.45, 7) is 4.63. The monoisotopic (exact) mass is 175 g/mol. The summed E-state index contributed by atoms with van der Waals surface area (Å²) in [5.41, 5.74) is 0. The summed E-state index contributed by atoms with van der Waals surface area (Å²) in [5.74, 6) is 2.50. The van der Waals surface area contributed by atoms with Gasteiger partial charge in [-0.25, -0.2) is 0 Å². The fourth-order valence-corrected chi connectivity index (χ4v) is 2.35. The Morgan fingerprint density at radius 1 is 1.45 bits per heavy atom. The van der Waals surface area contributed by atoms with Crippen LogP contribution in [0.15, 0.2) is 0 Å². The topological polar surface area (TPSA) is 12.0 Å². The van der Waals surface area contributed by atoms with Gasteiger partial charge in [-0.3, -0.25) is 0 Å². The average molecular weight is 176 g/mol. The van der Waals surface area contributed by atoms with Gasteiger partial charge in [0, 0.05) is 5.88 Å². The van der Waals surface area contributed by atoms with E-state index in [0.29, 0.717) is 0 Å². The molecule has 1 aliphatic rings. The SMILES string of the molecule is CCC(CCl)C1CCNCC1. The number of piperidine rings is 1. The third-order valence-electron chi connectivity index (χ3n) is 2.77. The lowest BCUT2D eigenvalue weighted by molar-refractivity contribution is 0.272. The second-order valence-corrected chi connectivity index (χ2v) is 3.72. The molecule has 0 amide bonds. The molecular weight excluding hydrogens is 158 g/mol. The van der Waals surface area contributed by atoms with Gasteiger partial charge < -0.3 is 5.32 Å². The van der Waals surface area contributed by atoms with Gasteiger partial charge >= 0.3 is 0 Å². The van der Waals surface area contributed by atoms with Gasteiger partial charge in [-0.05, 0) is 37.8 Å². The van der Waals surface area contributed by atoms with Crippen molar-refractivity contribution in [1.82, 2.24) is 5.32 Å². The zero-order valence-electron chi connectivity index (χ0n) is 7.28. The van der Waals surface area contributed by atoms with Crippen LogP contribution in [0, 0.1) is 11.8 Å². The van der Waals surface area contributed by atoms with E-state index in [4.69, 9.17) is 11.6 Å². The molecule has 1 rings (SSSR count). The average Bonchev–Trinajstić information content (AvgIpc) is 2.09. The molecule has 1 saturated heterocycles. The first kappa shape index (κ1) is 9.34. The summed E-state index contributed by atoms with van der Waals surface area (Å²) in [6, 6.07) is 0. The van der Waals surface area contributed by atoms with E-state index < -0.39 is 0 Å². The first-order valence-corrected chi connectivity index (χ1v) is 5.18. The highest BCUT2D eigenvalue weighted by Gasteiger charge is 2.20. The second kappa shape index (κ2) is 5.00. The van der Waals surface area contributed by atoms with Crippen molar-refractivity contribution in [2.45, 2.75) is 26.2 Å². The maximum absolute atomic E-state index is 5.88. The Hall–Kier alpha value is 0.250. The highest BCUT2D eigenvalue weighted by Crippen LogP contribution is 2.25. The number of halogens is 1. The van der Waals surface area contributed by atoms with Crippen LogP contribution in [0.25, 0.3) is 0 Å². The number of hydrogen-bond acceptors (Lipinski definition) is 1. The standard InChI is InChI=1S/C9H18ClN/c1-2-8(7-10)9-3-5-11-6-4-9/h8-9,11H,2-7H2,1H3. The van der Waals surface area contributed by atoms with Crippen LogP contribution in [-0.2, 0) is 0 Å². The molecule has 0 aromatic carbocycles. The maximum atomic E-state index is 5.88. The third kappa shape index (κ3) is 2.64. The molecule has 0 aromatic rings. The minimum Gasteiger partial charge on any atom is -0.317 e. The lowest BCUT2D eigenvalue weighted by Gasteiger charge is -2.28. The Morgan fingerprint density at radius 3 is 2.55 bits per heavy atom. The van der Waals surface area contributed by atoms with Gasteiger partial charge in [0.1, 0.15) is 0 Å². The quantitative estimate of drug-likeness (QED) is 0.649. The Labute approximate surface area is 74.5 Å². The zero-order chi connectivity index (χ0) is 8.10. The molecule has 0 spiro atoms. The highest BCUT2D eigenvalue weighted by molar-refractivity contribution is 6.18. The highest BCUT2D eigenvalue weighted by atomic mass is 35.5. The van der Waals surface area contributed by atoms with Crippen LogP contribution in [0.4, 0.5) is 0 Å². The predicted octanol–water partition coefficient (Wildman–Crippen LogP) is 2.25. The summed E-state index contributed by atoms with van der Waals surface area (Å²) < 4.78 is 0. The van der Waals surface area contributed by atoms with E-state index in [1.165, 1.54) is 32.4 Å². The molecule has 11 heavy (non-hydrogen) atoms. The Morgan fingerprint density at radius 2 is 2.09 bits per heavy atom. The molecule has 1 fully saturated rings. The largest absolute Gasteiger partial charge is 0.317 e. The predicted molar refractivity (Wildman–Crippen MR) is 50.1 cm³/mol. The van der Waals surface area contributed by atoms with Gasteiger partial charge in [0.2, 0.25) is 0 Å². The van der Waals surface area contributed by atoms with E-state index in [1.54, 1.807) is 0 Å². The Balaban J connectivity index is 2.30. The zero-order valence-corrected chi connectivity index (χ0v) is 8.03. The van der Waals surface area contributed by atoms with E-state index in [0.717, 1.165) is 17.7 Å². The molecule has 1 atom stereocenters. The number of rotatable bonds is 3. The van der Waals surface area contributed by atoms with Gasteiger partial charge in [0.05, 0.1) is 0 Å². The summed E-state index contributed by atoms with van der Waals surface area (Å²) in [4.78, 5) is 0. The van der Waals surface area contributed by atoms with Crippen molar-refractivity contribution >= 4 is 11.6 Å². The molecule has 1 heterocycles. The number of nitrogens with one attached hydrogen (secondary N) is 1. The molecule has 0 radical (unpaired) electrons. The normalized spacial score (nSPS) is 23.5. The summed E-state index contributed by atoms with van der Waals surface area (Å²) in [5, 5.41) is 3.37. The van der Waals surface area contributed by atoms with Crippen LogP contribution in [-0.4, -0.2) is 19.0 Å². The van der Waals surface area contributed by atoms with Gasteiger partial charge in [0.25, 0.3) is 0 Å². The number of alkyl halides is 1. The first-order chi connectivity index (χ1) is 5.38. The van der Waals surface area contributed by atoms with Gasteiger partial charge in [-0.15, -0.1) is 11.6 Å². The van der Waals surface area contributed by atoms with Crippen molar-refractivity contribution in [3.05, 3.63) is 0 Å². The van der Waals surface area contributed by atoms with Crippen LogP contribution < -0.4 is 5.32 Å². The third-order valence-corrected chi connectivity index (χ3v) is 3.17. The molecule has 0 aliphatic carbocycles. The first-order valence-electron chi connectivity index (χ1n) is 4.65. The summed E-state index contributed by atoms with van der Waals surface area (Å²) >= 11 is 5.88. The summed E-state index contributed by atoms with van der Waals surface area (Å²) in [7, 11) is 0. The van der Waals surface area contributed by atoms with Crippen molar-refractivity contribution in [3.8, 4) is 0 Å². The van der Waals surface area contributed by atoms with E-state index in [-0.39, 0.29) is 0 Å². The fourth-order valence-electron chi connectivity index (χ4n) is 1.88. The minimum atomic E-state index is 0.763. The van der Waals surface area contributed by atoms with Crippen LogP contribution in [0.3, 0.4) is 0 Å². The van der Waals surface area contributed by atoms with Crippen molar-refractivity contribution in [3.63, 3.8) is 0 Å². The Bertz CT molecular complexity index is 95.7. The van der Waals surface area contributed by atoms with Crippen LogP contribution in [0.1, 0.15) is 26.2 Å². The fraction of sp³-hybridized carbons (Fsp3) is 1.00. The molecule has 66 valence electrons. The lowest BCUT2D eigenvalue weighted by atomic mass is 9.84. The van der Waals surface area contributed by atoms with Crippen molar-refractivity contribution in [2.75, 3.05) is 19.0 Å². The van der Waals surface area contributed by atoms with Crippen molar-refractivity contribution in [1.29, 1.82) is 0 Å². The van der Waals surface area contributed by atoms with Crippen LogP contribution in [0.5, 0.6) is 0 Å². The molecule has 0 bridgehead atoms. The molecule has 1 aliphatic heterocycles. The Kier molecular flexibility index (Phi) is 4.24. The second-order valence-electron chi connectivity index (χ2n) is 3.41. The van der Waals surface area contributed by atoms with E-state index >= 15 is 0 Å². The van der Waals surface area contributed by atoms with Gasteiger partial charge in [-0.1, -0.05) is 13.3 Å². The summed E-state index contributed by atoms with van der Waals surface area (Å²) in [6.07, 6.45) is 3.89. The maximum Gasteiger partial charge on any atom is 0.0254 e. The van der Waals surface area contributed by atoms with Gasteiger partial charge in [0.15, 0.2) is 0 Å². The molecule has 1 unspecified atom stereocenters. The van der Waals surface area contributed by atoms with E-state index in [9.17, 15) is 0 Å². The van der Waals surface area contributed by atoms with Crippen LogP contribution in [0.2, 0.25) is 0 Å². The van der Waals surface area contributed by atoms with E-state index in [1.807, 2.05) is 0 Å². The minimum absolute atomic E-state index is 0.763. The molecule has 0 aromatic heterocycles. The molecule has 1 N–H and O–H groups in total. The van der Waals surface area contributed by atoms with Gasteiger partial charge in [-0.2, -0.15) is 0 Å². The van der Waals surface area contributed by atoms with E-state index in [2.05, 4.69) is 12.2 Å². The smallest absolute Gasteiger partial charge is 0.0254 e. The van der Waals surface area contributed by atoms with Crippen LogP contribution >= 0.6 is 11.6 Å². The molecule has 1 nitrogen and oxygen atoms in total. The van der Waals surface area contributed by atoms with Crippen molar-refractivity contribution in [2.24, 2.45) is 11.8 Å². The lowest BCUT2D eigenvalue weighted by Crippen LogP contribution is -2.32. The number of hydrogen-bond donors (Lipinski definition) is 1.